The molecular formula is C24H25N5O3S2. The average molecular weight is 496 g/mol. The van der Waals surface area contributed by atoms with E-state index < -0.39 is 10.0 Å². The number of carbonyl (C=O) groups excluding carboxylic acids is 1. The summed E-state index contributed by atoms with van der Waals surface area (Å²) in [6, 6.07) is 13.9. The van der Waals surface area contributed by atoms with Gasteiger partial charge in [0.25, 0.3) is 0 Å². The Bertz CT molecular complexity index is 1450. The van der Waals surface area contributed by atoms with Crippen molar-refractivity contribution in [2.45, 2.75) is 36.7 Å². The lowest BCUT2D eigenvalue weighted by molar-refractivity contribution is -0.121. The highest BCUT2D eigenvalue weighted by Gasteiger charge is 2.34. The summed E-state index contributed by atoms with van der Waals surface area (Å²) in [4.78, 5) is 15.8. The van der Waals surface area contributed by atoms with Crippen LogP contribution in [-0.4, -0.2) is 42.0 Å². The Kier molecular flexibility index (Phi) is 5.98. The number of nitrogens with zero attached hydrogens (tertiary/aromatic N) is 2. The van der Waals surface area contributed by atoms with Gasteiger partial charge in [0.2, 0.25) is 15.9 Å². The summed E-state index contributed by atoms with van der Waals surface area (Å²) >= 11 is 1.59. The number of aromatic amines is 1. The Labute approximate surface area is 201 Å². The van der Waals surface area contributed by atoms with E-state index >= 15 is 0 Å². The number of thiophene rings is 1. The van der Waals surface area contributed by atoms with Crippen molar-refractivity contribution in [3.8, 4) is 11.3 Å². The number of anilines is 1. The fourth-order valence-electron chi connectivity index (χ4n) is 4.61. The molecule has 1 aliphatic rings. The van der Waals surface area contributed by atoms with Crippen LogP contribution in [0.15, 0.2) is 64.2 Å². The van der Waals surface area contributed by atoms with Gasteiger partial charge in [-0.05, 0) is 79.0 Å². The molecule has 1 aliphatic heterocycles. The Morgan fingerprint density at radius 2 is 2.12 bits per heavy atom. The molecule has 2 aromatic carbocycles. The molecule has 0 unspecified atom stereocenters. The number of H-pyrrole nitrogens is 1. The van der Waals surface area contributed by atoms with Gasteiger partial charge < -0.3 is 5.32 Å². The number of nitrogens with two attached hydrogens (primary N) is 1. The number of primary sulfonamides is 1. The van der Waals surface area contributed by atoms with Gasteiger partial charge in [0.05, 0.1) is 10.4 Å². The van der Waals surface area contributed by atoms with E-state index in [0.717, 1.165) is 35.9 Å². The van der Waals surface area contributed by atoms with Crippen LogP contribution in [0.5, 0.6) is 0 Å². The zero-order valence-electron chi connectivity index (χ0n) is 18.6. The van der Waals surface area contributed by atoms with Crippen LogP contribution in [-0.2, 0) is 14.8 Å². The number of hydrogen-bond donors (Lipinski definition) is 3. The van der Waals surface area contributed by atoms with Crippen molar-refractivity contribution in [3.63, 3.8) is 0 Å². The van der Waals surface area contributed by atoms with Crippen molar-refractivity contribution in [3.05, 3.63) is 64.9 Å². The molecule has 10 heteroatoms. The van der Waals surface area contributed by atoms with Gasteiger partial charge in [0, 0.05) is 22.7 Å². The second-order valence-corrected chi connectivity index (χ2v) is 10.9. The minimum absolute atomic E-state index is 0.0175. The number of amides is 1. The first kappa shape index (κ1) is 22.7. The summed E-state index contributed by atoms with van der Waals surface area (Å²) < 4.78 is 23.6. The molecule has 34 heavy (non-hydrogen) atoms. The van der Waals surface area contributed by atoms with E-state index in [-0.39, 0.29) is 16.8 Å². The van der Waals surface area contributed by atoms with Crippen LogP contribution >= 0.6 is 11.3 Å². The predicted molar refractivity (Wildman–Crippen MR) is 134 cm³/mol. The van der Waals surface area contributed by atoms with Crippen LogP contribution in [0.2, 0.25) is 0 Å². The highest BCUT2D eigenvalue weighted by Crippen LogP contribution is 2.33. The lowest BCUT2D eigenvalue weighted by Crippen LogP contribution is -2.39. The molecule has 0 aliphatic carbocycles. The Hall–Kier alpha value is -3.05. The minimum atomic E-state index is -3.84. The lowest BCUT2D eigenvalue weighted by atomic mass is 10.1. The molecule has 5 rings (SSSR count). The van der Waals surface area contributed by atoms with Crippen molar-refractivity contribution in [1.82, 2.24) is 15.1 Å². The Morgan fingerprint density at radius 3 is 2.82 bits per heavy atom. The number of likely N-dealkylation sites (tertiary alicyclic amines) is 1. The molecule has 2 atom stereocenters. The van der Waals surface area contributed by atoms with Gasteiger partial charge in [-0.3, -0.25) is 14.8 Å². The molecule has 4 N–H and O–H groups in total. The number of aromatic nitrogens is 2. The van der Waals surface area contributed by atoms with Gasteiger partial charge in [-0.1, -0.05) is 12.1 Å². The van der Waals surface area contributed by atoms with E-state index in [2.05, 4.69) is 27.3 Å². The summed E-state index contributed by atoms with van der Waals surface area (Å²) in [5, 5.41) is 20.5. The van der Waals surface area contributed by atoms with E-state index in [1.807, 2.05) is 35.0 Å². The Morgan fingerprint density at radius 1 is 1.26 bits per heavy atom. The van der Waals surface area contributed by atoms with Gasteiger partial charge in [0.1, 0.15) is 11.7 Å². The third-order valence-electron chi connectivity index (χ3n) is 6.31. The zero-order valence-corrected chi connectivity index (χ0v) is 20.2. The van der Waals surface area contributed by atoms with Gasteiger partial charge in [-0.2, -0.15) is 16.4 Å². The highest BCUT2D eigenvalue weighted by atomic mass is 32.2. The summed E-state index contributed by atoms with van der Waals surface area (Å²) in [6.45, 7) is 3.06. The fourth-order valence-corrected chi connectivity index (χ4v) is 5.84. The molecule has 176 valence electrons. The maximum atomic E-state index is 13.5. The predicted octanol–water partition coefficient (Wildman–Crippen LogP) is 4.10. The number of nitrogens with one attached hydrogen (secondary N) is 2. The summed E-state index contributed by atoms with van der Waals surface area (Å²) in [5.41, 5.74) is 3.62. The van der Waals surface area contributed by atoms with E-state index in [1.54, 1.807) is 23.5 Å². The van der Waals surface area contributed by atoms with Crippen LogP contribution in [0.3, 0.4) is 0 Å². The quantitative estimate of drug-likeness (QED) is 0.372. The number of carbonyl (C=O) groups is 1. The molecular weight excluding hydrogens is 470 g/mol. The molecule has 0 spiro atoms. The van der Waals surface area contributed by atoms with Crippen LogP contribution in [0, 0.1) is 0 Å². The number of fused-ring (bicyclic) bond motifs is 1. The van der Waals surface area contributed by atoms with Crippen LogP contribution in [0.25, 0.3) is 22.2 Å². The van der Waals surface area contributed by atoms with Crippen LogP contribution in [0.4, 0.5) is 5.69 Å². The van der Waals surface area contributed by atoms with Crippen LogP contribution in [0.1, 0.15) is 31.4 Å². The first-order valence-electron chi connectivity index (χ1n) is 11.0. The number of sulfonamides is 1. The van der Waals surface area contributed by atoms with Crippen molar-refractivity contribution in [2.75, 3.05) is 11.9 Å². The third kappa shape index (κ3) is 4.37. The summed E-state index contributed by atoms with van der Waals surface area (Å²) in [5.74, 6) is -0.0761. The largest absolute Gasteiger partial charge is 0.324 e. The Balaban J connectivity index is 1.47. The fraction of sp³-hybridized carbons (Fsp3) is 0.250. The van der Waals surface area contributed by atoms with Gasteiger partial charge in [-0.15, -0.1) is 0 Å². The van der Waals surface area contributed by atoms with Gasteiger partial charge in [0.15, 0.2) is 0 Å². The maximum absolute atomic E-state index is 13.5. The normalized spacial score (nSPS) is 17.8. The minimum Gasteiger partial charge on any atom is -0.324 e. The molecule has 1 amide bonds. The first-order chi connectivity index (χ1) is 16.3. The number of rotatable bonds is 6. The molecule has 8 nitrogen and oxygen atoms in total. The van der Waals surface area contributed by atoms with Gasteiger partial charge in [-0.25, -0.2) is 13.6 Å². The second kappa shape index (κ2) is 8.95. The van der Waals surface area contributed by atoms with E-state index in [4.69, 9.17) is 5.14 Å². The molecule has 1 fully saturated rings. The summed E-state index contributed by atoms with van der Waals surface area (Å²) in [6.07, 6.45) is 2.16. The smallest absolute Gasteiger partial charge is 0.246 e. The first-order valence-corrected chi connectivity index (χ1v) is 13.5. The maximum Gasteiger partial charge on any atom is 0.246 e. The van der Waals surface area contributed by atoms with Crippen molar-refractivity contribution in [1.29, 1.82) is 0 Å². The molecule has 4 aromatic rings. The molecule has 3 heterocycles. The van der Waals surface area contributed by atoms with Crippen molar-refractivity contribution in [2.24, 2.45) is 5.14 Å². The molecule has 0 bridgehead atoms. The monoisotopic (exact) mass is 495 g/mol. The van der Waals surface area contributed by atoms with E-state index in [0.29, 0.717) is 23.0 Å². The molecule has 0 radical (unpaired) electrons. The number of hydrogen-bond acceptors (Lipinski definition) is 6. The lowest BCUT2D eigenvalue weighted by Gasteiger charge is -2.30. The third-order valence-corrected chi connectivity index (χ3v) is 7.92. The highest BCUT2D eigenvalue weighted by molar-refractivity contribution is 7.89. The topological polar surface area (TPSA) is 121 Å². The average Bonchev–Trinajstić information content (AvgIpc) is 3.56. The van der Waals surface area contributed by atoms with Crippen LogP contribution < -0.4 is 10.5 Å². The molecule has 1 saturated heterocycles. The van der Waals surface area contributed by atoms with Crippen molar-refractivity contribution < 1.29 is 13.2 Å². The van der Waals surface area contributed by atoms with E-state index in [9.17, 15) is 13.2 Å². The second-order valence-electron chi connectivity index (χ2n) is 8.58. The van der Waals surface area contributed by atoms with E-state index in [1.165, 1.54) is 12.1 Å². The van der Waals surface area contributed by atoms with Gasteiger partial charge >= 0.3 is 0 Å². The SMILES string of the molecule is C[C@H]1CCCN1[C@H](C(=O)Nc1ccc2[nH]nc(-c3cccc(S(N)(=O)=O)c3)c2c1)c1ccsc1. The molecule has 2 aromatic heterocycles. The zero-order chi connectivity index (χ0) is 23.9. The number of benzene rings is 2. The standard InChI is InChI=1S/C24H25N5O3S2/c1-15-4-3-10-29(15)23(17-9-11-33-14-17)24(30)26-18-7-8-21-20(13-18)22(28-27-21)16-5-2-6-19(12-16)34(25,31)32/h2,5-9,11-15,23H,3-4,10H2,1H3,(H,26,30)(H,27,28)(H2,25,31,32)/t15-,23-/m0/s1. The molecule has 0 saturated carbocycles. The summed E-state index contributed by atoms with van der Waals surface area (Å²) in [7, 11) is -3.84. The van der Waals surface area contributed by atoms with Crippen molar-refractivity contribution >= 4 is 43.9 Å².